The second-order valence-corrected chi connectivity index (χ2v) is 7.11. The third-order valence-corrected chi connectivity index (χ3v) is 4.74. The number of aromatic nitrogens is 2. The first-order valence-electron chi connectivity index (χ1n) is 9.01. The van der Waals surface area contributed by atoms with Gasteiger partial charge < -0.3 is 15.3 Å². The van der Waals surface area contributed by atoms with Crippen LogP contribution in [-0.2, 0) is 11.2 Å². The van der Waals surface area contributed by atoms with Crippen molar-refractivity contribution in [2.24, 2.45) is 0 Å². The summed E-state index contributed by atoms with van der Waals surface area (Å²) in [6.07, 6.45) is -0.409. The molecule has 0 bridgehead atoms. The molecule has 1 aromatic heterocycles. The Kier molecular flexibility index (Phi) is 5.67. The molecule has 7 nitrogen and oxygen atoms in total. The number of hydrogen-bond donors (Lipinski definition) is 2. The molecular formula is C20H23N5O2. The van der Waals surface area contributed by atoms with E-state index in [2.05, 4.69) is 29.4 Å². The fourth-order valence-electron chi connectivity index (χ4n) is 3.13. The monoisotopic (exact) mass is 365 g/mol. The summed E-state index contributed by atoms with van der Waals surface area (Å²) in [5, 5.41) is 29.8. The standard InChI is InChI=1S/C20H23N5O2/c1-13(2)15-5-3-14(4-6-15)9-20(27)22-17-11-25(12-18(17)26)19-8-7-16(10-21)23-24-19/h3-8,13,17-18,26H,9,11-12H2,1-2H3,(H,22,27). The normalized spacial score (nSPS) is 19.1. The van der Waals surface area contributed by atoms with Crippen LogP contribution in [0, 0.1) is 11.3 Å². The van der Waals surface area contributed by atoms with Gasteiger partial charge in [-0.1, -0.05) is 38.1 Å². The molecule has 0 aliphatic carbocycles. The maximum atomic E-state index is 12.4. The molecule has 0 spiro atoms. The number of hydrogen-bond acceptors (Lipinski definition) is 6. The van der Waals surface area contributed by atoms with Gasteiger partial charge in [-0.3, -0.25) is 4.79 Å². The van der Waals surface area contributed by atoms with Gasteiger partial charge in [-0.15, -0.1) is 10.2 Å². The molecule has 0 saturated carbocycles. The highest BCUT2D eigenvalue weighted by atomic mass is 16.3. The first-order valence-corrected chi connectivity index (χ1v) is 9.01. The van der Waals surface area contributed by atoms with Crippen molar-refractivity contribution in [2.75, 3.05) is 18.0 Å². The molecule has 3 rings (SSSR count). The first kappa shape index (κ1) is 18.8. The predicted molar refractivity (Wildman–Crippen MR) is 101 cm³/mol. The number of aliphatic hydroxyl groups excluding tert-OH is 1. The fraction of sp³-hybridized carbons (Fsp3) is 0.400. The average Bonchev–Trinajstić information content (AvgIpc) is 3.02. The van der Waals surface area contributed by atoms with Crippen molar-refractivity contribution >= 4 is 11.7 Å². The molecule has 1 amide bonds. The van der Waals surface area contributed by atoms with E-state index in [0.29, 0.717) is 24.8 Å². The van der Waals surface area contributed by atoms with E-state index in [9.17, 15) is 9.90 Å². The molecule has 0 radical (unpaired) electrons. The number of rotatable bonds is 5. The summed E-state index contributed by atoms with van der Waals surface area (Å²) in [6, 6.07) is 12.9. The Morgan fingerprint density at radius 1 is 1.26 bits per heavy atom. The molecule has 2 heterocycles. The first-order chi connectivity index (χ1) is 13.0. The minimum atomic E-state index is -0.685. The largest absolute Gasteiger partial charge is 0.389 e. The molecule has 1 aliphatic rings. The topological polar surface area (TPSA) is 102 Å². The van der Waals surface area contributed by atoms with Crippen LogP contribution < -0.4 is 10.2 Å². The van der Waals surface area contributed by atoms with Gasteiger partial charge in [-0.2, -0.15) is 5.26 Å². The van der Waals surface area contributed by atoms with E-state index in [1.807, 2.05) is 35.2 Å². The molecule has 2 unspecified atom stereocenters. The van der Waals surface area contributed by atoms with Gasteiger partial charge in [0.15, 0.2) is 11.5 Å². The van der Waals surface area contributed by atoms with E-state index in [-0.39, 0.29) is 24.1 Å². The number of anilines is 1. The minimum Gasteiger partial charge on any atom is -0.389 e. The highest BCUT2D eigenvalue weighted by Gasteiger charge is 2.33. The smallest absolute Gasteiger partial charge is 0.224 e. The summed E-state index contributed by atoms with van der Waals surface area (Å²) in [4.78, 5) is 14.2. The zero-order chi connectivity index (χ0) is 19.4. The summed E-state index contributed by atoms with van der Waals surface area (Å²) < 4.78 is 0. The molecule has 7 heteroatoms. The number of carbonyl (C=O) groups is 1. The Hall–Kier alpha value is -2.98. The van der Waals surface area contributed by atoms with Crippen LogP contribution in [-0.4, -0.2) is 46.4 Å². The van der Waals surface area contributed by atoms with Crippen LogP contribution >= 0.6 is 0 Å². The highest BCUT2D eigenvalue weighted by Crippen LogP contribution is 2.18. The third kappa shape index (κ3) is 4.60. The van der Waals surface area contributed by atoms with Gasteiger partial charge >= 0.3 is 0 Å². The van der Waals surface area contributed by atoms with Crippen molar-refractivity contribution in [3.8, 4) is 6.07 Å². The van der Waals surface area contributed by atoms with Gasteiger partial charge in [0.05, 0.1) is 18.6 Å². The van der Waals surface area contributed by atoms with Crippen molar-refractivity contribution in [1.29, 1.82) is 5.26 Å². The van der Waals surface area contributed by atoms with Crippen LogP contribution in [0.2, 0.25) is 0 Å². The lowest BCUT2D eigenvalue weighted by atomic mass is 10.0. The Labute approximate surface area is 158 Å². The quantitative estimate of drug-likeness (QED) is 0.830. The lowest BCUT2D eigenvalue weighted by Crippen LogP contribution is -2.43. The summed E-state index contributed by atoms with van der Waals surface area (Å²) in [5.74, 6) is 0.913. The number of aliphatic hydroxyl groups is 1. The molecular weight excluding hydrogens is 342 g/mol. The van der Waals surface area contributed by atoms with Crippen LogP contribution in [0.5, 0.6) is 0 Å². The molecule has 27 heavy (non-hydrogen) atoms. The van der Waals surface area contributed by atoms with E-state index in [1.165, 1.54) is 5.56 Å². The summed E-state index contributed by atoms with van der Waals surface area (Å²) in [7, 11) is 0. The lowest BCUT2D eigenvalue weighted by Gasteiger charge is -2.17. The second-order valence-electron chi connectivity index (χ2n) is 7.11. The van der Waals surface area contributed by atoms with Gasteiger partial charge in [-0.05, 0) is 29.2 Å². The van der Waals surface area contributed by atoms with Gasteiger partial charge in [0, 0.05) is 13.1 Å². The van der Waals surface area contributed by atoms with Gasteiger partial charge in [-0.25, -0.2) is 0 Å². The molecule has 1 aromatic carbocycles. The van der Waals surface area contributed by atoms with Crippen LogP contribution in [0.3, 0.4) is 0 Å². The summed E-state index contributed by atoms with van der Waals surface area (Å²) >= 11 is 0. The van der Waals surface area contributed by atoms with Crippen LogP contribution in [0.15, 0.2) is 36.4 Å². The number of nitrogens with zero attached hydrogens (tertiary/aromatic N) is 4. The van der Waals surface area contributed by atoms with Crippen LogP contribution in [0.25, 0.3) is 0 Å². The molecule has 2 N–H and O–H groups in total. The number of carbonyl (C=O) groups excluding carboxylic acids is 1. The maximum absolute atomic E-state index is 12.4. The molecule has 2 atom stereocenters. The van der Waals surface area contributed by atoms with Gasteiger partial charge in [0.1, 0.15) is 6.07 Å². The summed E-state index contributed by atoms with van der Waals surface area (Å²) in [6.45, 7) is 5.06. The zero-order valence-corrected chi connectivity index (χ0v) is 15.5. The van der Waals surface area contributed by atoms with E-state index in [4.69, 9.17) is 5.26 Å². The number of amides is 1. The van der Waals surface area contributed by atoms with Crippen molar-refractivity contribution < 1.29 is 9.90 Å². The maximum Gasteiger partial charge on any atom is 0.224 e. The Morgan fingerprint density at radius 3 is 2.59 bits per heavy atom. The number of β-amino-alcohol motifs (C(OH)–C–C–N with tert-alkyl or cyclic N) is 1. The minimum absolute atomic E-state index is 0.121. The van der Waals surface area contributed by atoms with E-state index >= 15 is 0 Å². The van der Waals surface area contributed by atoms with Crippen molar-refractivity contribution in [2.45, 2.75) is 38.3 Å². The predicted octanol–water partition coefficient (Wildman–Crippen LogP) is 1.38. The Morgan fingerprint density at radius 2 is 2.00 bits per heavy atom. The molecule has 1 fully saturated rings. The number of benzene rings is 1. The van der Waals surface area contributed by atoms with Crippen molar-refractivity contribution in [1.82, 2.24) is 15.5 Å². The molecule has 2 aromatic rings. The lowest BCUT2D eigenvalue weighted by molar-refractivity contribution is -0.121. The molecule has 1 saturated heterocycles. The highest BCUT2D eigenvalue weighted by molar-refractivity contribution is 5.79. The van der Waals surface area contributed by atoms with Crippen LogP contribution in [0.4, 0.5) is 5.82 Å². The van der Waals surface area contributed by atoms with Gasteiger partial charge in [0.25, 0.3) is 0 Å². The Bertz CT molecular complexity index is 827. The van der Waals surface area contributed by atoms with E-state index in [1.54, 1.807) is 12.1 Å². The van der Waals surface area contributed by atoms with Crippen molar-refractivity contribution in [3.05, 3.63) is 53.2 Å². The van der Waals surface area contributed by atoms with Crippen molar-refractivity contribution in [3.63, 3.8) is 0 Å². The average molecular weight is 365 g/mol. The van der Waals surface area contributed by atoms with E-state index < -0.39 is 6.10 Å². The number of nitrogens with one attached hydrogen (secondary N) is 1. The number of nitriles is 1. The molecule has 1 aliphatic heterocycles. The fourth-order valence-corrected chi connectivity index (χ4v) is 3.13. The second kappa shape index (κ2) is 8.14. The van der Waals surface area contributed by atoms with E-state index in [0.717, 1.165) is 5.56 Å². The van der Waals surface area contributed by atoms with Gasteiger partial charge in [0.2, 0.25) is 5.91 Å². The van der Waals surface area contributed by atoms with Crippen LogP contribution in [0.1, 0.15) is 36.6 Å². The summed E-state index contributed by atoms with van der Waals surface area (Å²) in [5.41, 5.74) is 2.43. The Balaban J connectivity index is 1.56. The SMILES string of the molecule is CC(C)c1ccc(CC(=O)NC2CN(c3ccc(C#N)nn3)CC2O)cc1. The third-order valence-electron chi connectivity index (χ3n) is 4.74. The molecule has 140 valence electrons. The zero-order valence-electron chi connectivity index (χ0n) is 15.5.